The lowest BCUT2D eigenvalue weighted by molar-refractivity contribution is -0.116. The van der Waals surface area contributed by atoms with E-state index in [1.54, 1.807) is 11.8 Å². The Morgan fingerprint density at radius 3 is 2.35 bits per heavy atom. The molecule has 2 aromatic carbocycles. The highest BCUT2D eigenvalue weighted by atomic mass is 16.2. The average Bonchev–Trinajstić information content (AvgIpc) is 2.93. The summed E-state index contributed by atoms with van der Waals surface area (Å²) in [7, 11) is 0. The van der Waals surface area contributed by atoms with Gasteiger partial charge in [0.25, 0.3) is 0 Å². The van der Waals surface area contributed by atoms with E-state index in [0.717, 1.165) is 34.6 Å². The lowest BCUT2D eigenvalue weighted by atomic mass is 10.1. The second kappa shape index (κ2) is 6.12. The molecule has 1 aliphatic rings. The number of nitrogens with zero attached hydrogens (tertiary/aromatic N) is 1. The quantitative estimate of drug-likeness (QED) is 0.891. The van der Waals surface area contributed by atoms with Gasteiger partial charge in [0.15, 0.2) is 0 Å². The summed E-state index contributed by atoms with van der Waals surface area (Å²) in [5.74, 6) is 0.0431. The van der Waals surface area contributed by atoms with Crippen molar-refractivity contribution in [1.82, 2.24) is 0 Å². The maximum absolute atomic E-state index is 12.1. The summed E-state index contributed by atoms with van der Waals surface area (Å²) >= 11 is 0. The van der Waals surface area contributed by atoms with E-state index < -0.39 is 0 Å². The zero-order chi connectivity index (χ0) is 16.4. The molecule has 0 saturated carbocycles. The van der Waals surface area contributed by atoms with Crippen molar-refractivity contribution >= 4 is 29.0 Å². The number of hydrogen-bond acceptors (Lipinski definition) is 2. The number of carbonyl (C=O) groups excluding carboxylic acids is 2. The third-order valence-corrected chi connectivity index (χ3v) is 3.92. The summed E-state index contributed by atoms with van der Waals surface area (Å²) in [6.07, 6.45) is 0.810. The monoisotopic (exact) mass is 309 g/mol. The van der Waals surface area contributed by atoms with Crippen LogP contribution in [0.2, 0.25) is 0 Å². The van der Waals surface area contributed by atoms with Crippen LogP contribution in [0.25, 0.3) is 0 Å². The van der Waals surface area contributed by atoms with Gasteiger partial charge < -0.3 is 15.5 Å². The molecule has 0 radical (unpaired) electrons. The highest BCUT2D eigenvalue weighted by molar-refractivity contribution is 6.00. The zero-order valence-electron chi connectivity index (χ0n) is 13.2. The van der Waals surface area contributed by atoms with Crippen LogP contribution in [0, 0.1) is 6.92 Å². The summed E-state index contributed by atoms with van der Waals surface area (Å²) in [4.78, 5) is 25.4. The molecule has 2 N–H and O–H groups in total. The number of aryl methyl sites for hydroxylation is 1. The van der Waals surface area contributed by atoms with Gasteiger partial charge in [0.2, 0.25) is 5.91 Å². The lowest BCUT2D eigenvalue weighted by Crippen LogP contribution is -2.25. The number of rotatable bonds is 2. The average molecular weight is 309 g/mol. The van der Waals surface area contributed by atoms with E-state index in [0.29, 0.717) is 6.54 Å². The van der Waals surface area contributed by atoms with Gasteiger partial charge in [-0.1, -0.05) is 17.7 Å². The Balaban J connectivity index is 1.68. The lowest BCUT2D eigenvalue weighted by Gasteiger charge is -2.15. The van der Waals surface area contributed by atoms with Crippen molar-refractivity contribution in [1.29, 1.82) is 0 Å². The Hall–Kier alpha value is -2.82. The second-order valence-corrected chi connectivity index (χ2v) is 5.71. The third kappa shape index (κ3) is 3.34. The van der Waals surface area contributed by atoms with Crippen LogP contribution in [0.4, 0.5) is 21.9 Å². The molecule has 0 aliphatic carbocycles. The molecule has 2 aromatic rings. The maximum Gasteiger partial charge on any atom is 0.323 e. The first kappa shape index (κ1) is 15.1. The van der Waals surface area contributed by atoms with E-state index in [-0.39, 0.29) is 11.9 Å². The minimum Gasteiger partial charge on any atom is -0.312 e. The van der Waals surface area contributed by atoms with Crippen LogP contribution in [0.15, 0.2) is 42.5 Å². The van der Waals surface area contributed by atoms with E-state index in [1.165, 1.54) is 0 Å². The summed E-state index contributed by atoms with van der Waals surface area (Å²) in [6.45, 7) is 4.26. The van der Waals surface area contributed by atoms with Crippen molar-refractivity contribution in [2.24, 2.45) is 0 Å². The predicted octanol–water partition coefficient (Wildman–Crippen LogP) is 3.55. The number of benzene rings is 2. The van der Waals surface area contributed by atoms with Gasteiger partial charge in [-0.05, 0) is 49.2 Å². The molecule has 0 atom stereocenters. The molecule has 0 saturated heterocycles. The maximum atomic E-state index is 12.1. The van der Waals surface area contributed by atoms with Crippen molar-refractivity contribution in [3.8, 4) is 0 Å². The van der Waals surface area contributed by atoms with Crippen LogP contribution in [-0.4, -0.2) is 18.5 Å². The zero-order valence-corrected chi connectivity index (χ0v) is 13.2. The fourth-order valence-electron chi connectivity index (χ4n) is 2.74. The van der Waals surface area contributed by atoms with Crippen LogP contribution < -0.4 is 15.5 Å². The van der Waals surface area contributed by atoms with Crippen molar-refractivity contribution in [2.75, 3.05) is 22.1 Å². The van der Waals surface area contributed by atoms with Crippen LogP contribution in [0.5, 0.6) is 0 Å². The first-order valence-corrected chi connectivity index (χ1v) is 7.58. The smallest absolute Gasteiger partial charge is 0.312 e. The fraction of sp³-hybridized carbons (Fsp3) is 0.222. The van der Waals surface area contributed by atoms with Crippen molar-refractivity contribution in [2.45, 2.75) is 20.3 Å². The molecule has 1 heterocycles. The molecule has 0 aromatic heterocycles. The Bertz CT molecular complexity index is 753. The van der Waals surface area contributed by atoms with Gasteiger partial charge in [0, 0.05) is 30.5 Å². The molecule has 0 bridgehead atoms. The Kier molecular flexibility index (Phi) is 4.02. The summed E-state index contributed by atoms with van der Waals surface area (Å²) in [6, 6.07) is 13.0. The van der Waals surface area contributed by atoms with Crippen molar-refractivity contribution < 1.29 is 9.59 Å². The summed E-state index contributed by atoms with van der Waals surface area (Å²) in [5.41, 5.74) is 4.62. The number of urea groups is 1. The fourth-order valence-corrected chi connectivity index (χ4v) is 2.74. The normalized spacial score (nSPS) is 12.7. The molecule has 0 unspecified atom stereocenters. The molecule has 3 amide bonds. The molecule has 118 valence electrons. The third-order valence-electron chi connectivity index (χ3n) is 3.92. The van der Waals surface area contributed by atoms with Gasteiger partial charge >= 0.3 is 6.03 Å². The number of nitrogens with one attached hydrogen (secondary N) is 2. The van der Waals surface area contributed by atoms with E-state index in [4.69, 9.17) is 0 Å². The van der Waals surface area contributed by atoms with Gasteiger partial charge in [-0.25, -0.2) is 4.79 Å². The molecule has 5 heteroatoms. The first-order valence-electron chi connectivity index (χ1n) is 7.58. The predicted molar refractivity (Wildman–Crippen MR) is 92.0 cm³/mol. The van der Waals surface area contributed by atoms with E-state index in [9.17, 15) is 9.59 Å². The van der Waals surface area contributed by atoms with Gasteiger partial charge in [-0.15, -0.1) is 0 Å². The van der Waals surface area contributed by atoms with Crippen LogP contribution in [0.3, 0.4) is 0 Å². The highest BCUT2D eigenvalue weighted by Gasteiger charge is 2.22. The SMILES string of the molecule is CC(=O)N1CCc2cc(NC(=O)Nc3ccc(C)cc3)ccc21. The number of carbonyl (C=O) groups is 2. The number of anilines is 3. The van der Waals surface area contributed by atoms with Crippen LogP contribution in [0.1, 0.15) is 18.1 Å². The number of hydrogen-bond donors (Lipinski definition) is 2. The first-order chi connectivity index (χ1) is 11.0. The second-order valence-electron chi connectivity index (χ2n) is 5.71. The molecule has 0 fully saturated rings. The van der Waals surface area contributed by atoms with E-state index in [2.05, 4.69) is 10.6 Å². The van der Waals surface area contributed by atoms with Crippen molar-refractivity contribution in [3.63, 3.8) is 0 Å². The molecular weight excluding hydrogens is 290 g/mol. The molecule has 23 heavy (non-hydrogen) atoms. The van der Waals surface area contributed by atoms with Crippen molar-refractivity contribution in [3.05, 3.63) is 53.6 Å². The minimum absolute atomic E-state index is 0.0431. The van der Waals surface area contributed by atoms with Gasteiger partial charge in [0.05, 0.1) is 0 Å². The van der Waals surface area contributed by atoms with Crippen LogP contribution in [-0.2, 0) is 11.2 Å². The van der Waals surface area contributed by atoms with Gasteiger partial charge in [0.1, 0.15) is 0 Å². The standard InChI is InChI=1S/C18H19N3O2/c1-12-3-5-15(6-4-12)19-18(23)20-16-7-8-17-14(11-16)9-10-21(17)13(2)22/h3-8,11H,9-10H2,1-2H3,(H2,19,20,23). The van der Waals surface area contributed by atoms with Crippen LogP contribution >= 0.6 is 0 Å². The molecule has 0 spiro atoms. The summed E-state index contributed by atoms with van der Waals surface area (Å²) in [5, 5.41) is 5.62. The largest absolute Gasteiger partial charge is 0.323 e. The Labute approximate surface area is 135 Å². The molecule has 5 nitrogen and oxygen atoms in total. The number of fused-ring (bicyclic) bond motifs is 1. The molecule has 3 rings (SSSR count). The molecule has 1 aliphatic heterocycles. The minimum atomic E-state index is -0.282. The van der Waals surface area contributed by atoms with Gasteiger partial charge in [-0.3, -0.25) is 4.79 Å². The summed E-state index contributed by atoms with van der Waals surface area (Å²) < 4.78 is 0. The van der Waals surface area contributed by atoms with E-state index in [1.807, 2.05) is 49.4 Å². The molecular formula is C18H19N3O2. The Morgan fingerprint density at radius 2 is 1.65 bits per heavy atom. The topological polar surface area (TPSA) is 61.4 Å². The van der Waals surface area contributed by atoms with E-state index >= 15 is 0 Å². The van der Waals surface area contributed by atoms with Gasteiger partial charge in [-0.2, -0.15) is 0 Å². The Morgan fingerprint density at radius 1 is 1.00 bits per heavy atom. The number of amides is 3. The highest BCUT2D eigenvalue weighted by Crippen LogP contribution is 2.30.